The summed E-state index contributed by atoms with van der Waals surface area (Å²) in [5, 5.41) is 18.2. The molecule has 1 aliphatic heterocycles. The number of aromatic hydroxyl groups is 1. The molecule has 7 heteroatoms. The lowest BCUT2D eigenvalue weighted by molar-refractivity contribution is 0.0745. The second-order valence-electron chi connectivity index (χ2n) is 6.24. The Morgan fingerprint density at radius 1 is 1.04 bits per heavy atom. The SMILES string of the molecule is O=C(c1cncc(O)c1)N1CCN(c2cc3c(nn2)CCC3)CC1. The number of hydrogen-bond acceptors (Lipinski definition) is 6. The van der Waals surface area contributed by atoms with E-state index in [0.29, 0.717) is 18.7 Å². The van der Waals surface area contributed by atoms with Gasteiger partial charge in [-0.25, -0.2) is 0 Å². The van der Waals surface area contributed by atoms with Crippen LogP contribution in [0.4, 0.5) is 5.82 Å². The predicted molar refractivity (Wildman–Crippen MR) is 88.1 cm³/mol. The number of carbonyl (C=O) groups excluding carboxylic acids is 1. The summed E-state index contributed by atoms with van der Waals surface area (Å²) in [6, 6.07) is 3.60. The molecular weight excluding hydrogens is 306 g/mol. The second-order valence-corrected chi connectivity index (χ2v) is 6.24. The van der Waals surface area contributed by atoms with E-state index in [9.17, 15) is 9.90 Å². The number of piperazine rings is 1. The van der Waals surface area contributed by atoms with Crippen molar-refractivity contribution < 1.29 is 9.90 Å². The first-order valence-corrected chi connectivity index (χ1v) is 8.24. The topological polar surface area (TPSA) is 82.5 Å². The molecule has 0 saturated carbocycles. The molecule has 1 saturated heterocycles. The summed E-state index contributed by atoms with van der Waals surface area (Å²) in [4.78, 5) is 20.3. The molecule has 0 radical (unpaired) electrons. The Kier molecular flexibility index (Phi) is 3.76. The van der Waals surface area contributed by atoms with Crippen molar-refractivity contribution in [2.75, 3.05) is 31.1 Å². The maximum atomic E-state index is 12.5. The van der Waals surface area contributed by atoms with Gasteiger partial charge in [-0.3, -0.25) is 9.78 Å². The van der Waals surface area contributed by atoms with E-state index in [4.69, 9.17) is 0 Å². The molecule has 1 aliphatic carbocycles. The molecule has 1 amide bonds. The smallest absolute Gasteiger partial charge is 0.255 e. The molecule has 2 aromatic rings. The maximum absolute atomic E-state index is 12.5. The van der Waals surface area contributed by atoms with E-state index in [1.165, 1.54) is 24.0 Å². The Morgan fingerprint density at radius 2 is 1.88 bits per heavy atom. The number of amides is 1. The summed E-state index contributed by atoms with van der Waals surface area (Å²) < 4.78 is 0. The van der Waals surface area contributed by atoms with E-state index >= 15 is 0 Å². The summed E-state index contributed by atoms with van der Waals surface area (Å²) in [7, 11) is 0. The number of aromatic nitrogens is 3. The van der Waals surface area contributed by atoms with Crippen molar-refractivity contribution in [2.24, 2.45) is 0 Å². The highest BCUT2D eigenvalue weighted by Crippen LogP contribution is 2.23. The van der Waals surface area contributed by atoms with Crippen LogP contribution >= 0.6 is 0 Å². The number of pyridine rings is 1. The fourth-order valence-corrected chi connectivity index (χ4v) is 3.34. The second kappa shape index (κ2) is 6.07. The van der Waals surface area contributed by atoms with Gasteiger partial charge in [-0.05, 0) is 37.0 Å². The van der Waals surface area contributed by atoms with Crippen LogP contribution in [0.15, 0.2) is 24.5 Å². The lowest BCUT2D eigenvalue weighted by Gasteiger charge is -2.35. The summed E-state index contributed by atoms with van der Waals surface area (Å²) in [6.07, 6.45) is 6.08. The number of nitrogens with zero attached hydrogens (tertiary/aromatic N) is 5. The van der Waals surface area contributed by atoms with Crippen molar-refractivity contribution >= 4 is 11.7 Å². The Hall–Kier alpha value is -2.70. The molecule has 0 unspecified atom stereocenters. The van der Waals surface area contributed by atoms with Crippen LogP contribution in [0, 0.1) is 0 Å². The van der Waals surface area contributed by atoms with Crippen molar-refractivity contribution in [3.05, 3.63) is 41.3 Å². The minimum Gasteiger partial charge on any atom is -0.506 e. The summed E-state index contributed by atoms with van der Waals surface area (Å²) >= 11 is 0. The zero-order valence-corrected chi connectivity index (χ0v) is 13.4. The fraction of sp³-hybridized carbons (Fsp3) is 0.412. The van der Waals surface area contributed by atoms with Crippen LogP contribution in [0.1, 0.15) is 28.0 Å². The van der Waals surface area contributed by atoms with Gasteiger partial charge in [-0.1, -0.05) is 0 Å². The Balaban J connectivity index is 1.42. The van der Waals surface area contributed by atoms with Crippen LogP contribution in [0.2, 0.25) is 0 Å². The van der Waals surface area contributed by atoms with Gasteiger partial charge in [0.1, 0.15) is 5.75 Å². The minimum absolute atomic E-state index is 0.00732. The van der Waals surface area contributed by atoms with E-state index in [-0.39, 0.29) is 11.7 Å². The fourth-order valence-electron chi connectivity index (χ4n) is 3.34. The van der Waals surface area contributed by atoms with Crippen molar-refractivity contribution in [3.63, 3.8) is 0 Å². The van der Waals surface area contributed by atoms with Crippen LogP contribution < -0.4 is 4.90 Å². The van der Waals surface area contributed by atoms with Crippen LogP contribution in [-0.4, -0.2) is 57.3 Å². The van der Waals surface area contributed by atoms with Gasteiger partial charge in [0.05, 0.1) is 17.5 Å². The molecule has 0 atom stereocenters. The molecule has 3 heterocycles. The van der Waals surface area contributed by atoms with E-state index < -0.39 is 0 Å². The number of aryl methyl sites for hydroxylation is 2. The van der Waals surface area contributed by atoms with Gasteiger partial charge in [0.15, 0.2) is 5.82 Å². The van der Waals surface area contributed by atoms with Crippen LogP contribution in [0.3, 0.4) is 0 Å². The zero-order chi connectivity index (χ0) is 16.5. The third-order valence-corrected chi connectivity index (χ3v) is 4.67. The van der Waals surface area contributed by atoms with E-state index in [1.807, 2.05) is 0 Å². The average molecular weight is 325 g/mol. The molecule has 124 valence electrons. The Morgan fingerprint density at radius 3 is 2.67 bits per heavy atom. The molecule has 1 fully saturated rings. The normalized spacial score (nSPS) is 17.0. The number of fused-ring (bicyclic) bond motifs is 1. The van der Waals surface area contributed by atoms with E-state index in [0.717, 1.165) is 43.9 Å². The lowest BCUT2D eigenvalue weighted by Crippen LogP contribution is -2.49. The highest BCUT2D eigenvalue weighted by molar-refractivity contribution is 5.94. The largest absolute Gasteiger partial charge is 0.506 e. The minimum atomic E-state index is -0.0990. The predicted octanol–water partition coefficient (Wildman–Crippen LogP) is 1.03. The molecule has 24 heavy (non-hydrogen) atoms. The first kappa shape index (κ1) is 14.9. The molecule has 2 aromatic heterocycles. The highest BCUT2D eigenvalue weighted by atomic mass is 16.3. The third kappa shape index (κ3) is 2.77. The molecule has 0 bridgehead atoms. The molecule has 7 nitrogen and oxygen atoms in total. The van der Waals surface area contributed by atoms with Gasteiger partial charge in [0.2, 0.25) is 0 Å². The molecule has 1 N–H and O–H groups in total. The maximum Gasteiger partial charge on any atom is 0.255 e. The lowest BCUT2D eigenvalue weighted by atomic mass is 10.2. The molecule has 0 aromatic carbocycles. The van der Waals surface area contributed by atoms with E-state index in [1.54, 1.807) is 4.90 Å². The first-order valence-electron chi connectivity index (χ1n) is 8.24. The third-order valence-electron chi connectivity index (χ3n) is 4.67. The molecule has 0 spiro atoms. The van der Waals surface area contributed by atoms with Crippen LogP contribution in [0.25, 0.3) is 0 Å². The quantitative estimate of drug-likeness (QED) is 0.888. The molecular formula is C17H19N5O2. The van der Waals surface area contributed by atoms with Gasteiger partial charge >= 0.3 is 0 Å². The van der Waals surface area contributed by atoms with Gasteiger partial charge < -0.3 is 14.9 Å². The van der Waals surface area contributed by atoms with Crippen molar-refractivity contribution in [1.82, 2.24) is 20.1 Å². The summed E-state index contributed by atoms with van der Waals surface area (Å²) in [6.45, 7) is 2.69. The van der Waals surface area contributed by atoms with Crippen molar-refractivity contribution in [1.29, 1.82) is 0 Å². The number of anilines is 1. The highest BCUT2D eigenvalue weighted by Gasteiger charge is 2.24. The standard InChI is InChI=1S/C17H19N5O2/c23-14-8-13(10-18-11-14)17(24)22-6-4-21(5-7-22)16-9-12-2-1-3-15(12)19-20-16/h8-11,23H,1-7H2. The Bertz CT molecular complexity index is 771. The Labute approximate surface area is 139 Å². The summed E-state index contributed by atoms with van der Waals surface area (Å²) in [5.74, 6) is 0.813. The average Bonchev–Trinajstić information content (AvgIpc) is 3.09. The zero-order valence-electron chi connectivity index (χ0n) is 13.4. The van der Waals surface area contributed by atoms with Gasteiger partial charge in [-0.15, -0.1) is 5.10 Å². The van der Waals surface area contributed by atoms with Crippen molar-refractivity contribution in [2.45, 2.75) is 19.3 Å². The first-order chi connectivity index (χ1) is 11.7. The van der Waals surface area contributed by atoms with Gasteiger partial charge in [0.25, 0.3) is 5.91 Å². The summed E-state index contributed by atoms with van der Waals surface area (Å²) in [5.41, 5.74) is 2.86. The molecule has 2 aliphatic rings. The van der Waals surface area contributed by atoms with Gasteiger partial charge in [-0.2, -0.15) is 5.10 Å². The van der Waals surface area contributed by atoms with Crippen LogP contribution in [-0.2, 0) is 12.8 Å². The van der Waals surface area contributed by atoms with Crippen LogP contribution in [0.5, 0.6) is 5.75 Å². The number of hydrogen-bond donors (Lipinski definition) is 1. The number of rotatable bonds is 2. The molecule has 4 rings (SSSR count). The van der Waals surface area contributed by atoms with Gasteiger partial charge in [0, 0.05) is 32.4 Å². The van der Waals surface area contributed by atoms with Crippen molar-refractivity contribution in [3.8, 4) is 5.75 Å². The number of carbonyl (C=O) groups is 1. The van der Waals surface area contributed by atoms with E-state index in [2.05, 4.69) is 26.1 Å². The monoisotopic (exact) mass is 325 g/mol.